The van der Waals surface area contributed by atoms with E-state index in [2.05, 4.69) is 55.8 Å². The van der Waals surface area contributed by atoms with Crippen LogP contribution in [0.3, 0.4) is 0 Å². The maximum atomic E-state index is 9.49. The third-order valence-electron chi connectivity index (χ3n) is 4.13. The lowest BCUT2D eigenvalue weighted by atomic mass is 10.0. The van der Waals surface area contributed by atoms with Gasteiger partial charge in [-0.05, 0) is 42.0 Å². The second kappa shape index (κ2) is 7.61. The standard InChI is InChI=1S/C19H27NO2/c1-14(2)17(13-21)10-16-6-7-18-15(3)12-20(19(18)11-16)8-5-9-22-4/h6-7,10-12,14,21H,5,8-9,13H2,1-4H3. The van der Waals surface area contributed by atoms with E-state index in [-0.39, 0.29) is 6.61 Å². The first-order chi connectivity index (χ1) is 10.6. The molecule has 0 unspecified atom stereocenters. The van der Waals surface area contributed by atoms with Crippen LogP contribution in [0.2, 0.25) is 0 Å². The topological polar surface area (TPSA) is 34.4 Å². The summed E-state index contributed by atoms with van der Waals surface area (Å²) >= 11 is 0. The molecule has 0 aliphatic rings. The minimum Gasteiger partial charge on any atom is -0.392 e. The zero-order chi connectivity index (χ0) is 16.1. The number of hydrogen-bond acceptors (Lipinski definition) is 2. The number of rotatable bonds is 7. The molecule has 0 aliphatic carbocycles. The van der Waals surface area contributed by atoms with Gasteiger partial charge in [0.2, 0.25) is 0 Å². The molecule has 1 aromatic carbocycles. The first-order valence-corrected chi connectivity index (χ1v) is 7.96. The highest BCUT2D eigenvalue weighted by Gasteiger charge is 2.07. The fraction of sp³-hybridized carbons (Fsp3) is 0.474. The van der Waals surface area contributed by atoms with Crippen molar-refractivity contribution < 1.29 is 9.84 Å². The number of benzene rings is 1. The Bertz CT molecular complexity index is 653. The van der Waals surface area contributed by atoms with Crippen LogP contribution in [-0.4, -0.2) is 30.0 Å². The van der Waals surface area contributed by atoms with Gasteiger partial charge in [-0.3, -0.25) is 0 Å². The lowest BCUT2D eigenvalue weighted by Crippen LogP contribution is -2.00. The van der Waals surface area contributed by atoms with Crippen LogP contribution in [0.15, 0.2) is 30.0 Å². The summed E-state index contributed by atoms with van der Waals surface area (Å²) in [4.78, 5) is 0. The molecule has 1 N–H and O–H groups in total. The summed E-state index contributed by atoms with van der Waals surface area (Å²) < 4.78 is 7.45. The van der Waals surface area contributed by atoms with E-state index in [0.29, 0.717) is 5.92 Å². The zero-order valence-corrected chi connectivity index (χ0v) is 14.1. The van der Waals surface area contributed by atoms with E-state index in [9.17, 15) is 5.11 Å². The van der Waals surface area contributed by atoms with Gasteiger partial charge in [0.05, 0.1) is 6.61 Å². The Kier molecular flexibility index (Phi) is 5.81. The van der Waals surface area contributed by atoms with E-state index in [0.717, 1.165) is 30.7 Å². The molecule has 120 valence electrons. The predicted molar refractivity (Wildman–Crippen MR) is 93.1 cm³/mol. The van der Waals surface area contributed by atoms with Crippen LogP contribution in [0.5, 0.6) is 0 Å². The van der Waals surface area contributed by atoms with Gasteiger partial charge >= 0.3 is 0 Å². The SMILES string of the molecule is COCCCn1cc(C)c2ccc(C=C(CO)C(C)C)cc21. The van der Waals surface area contributed by atoms with Crippen LogP contribution in [0.1, 0.15) is 31.4 Å². The van der Waals surface area contributed by atoms with Gasteiger partial charge in [-0.15, -0.1) is 0 Å². The fourth-order valence-electron chi connectivity index (χ4n) is 2.76. The Morgan fingerprint density at radius 3 is 2.77 bits per heavy atom. The lowest BCUT2D eigenvalue weighted by molar-refractivity contribution is 0.190. The van der Waals surface area contributed by atoms with Gasteiger partial charge in [0.25, 0.3) is 0 Å². The second-order valence-corrected chi connectivity index (χ2v) is 6.16. The van der Waals surface area contributed by atoms with Crippen molar-refractivity contribution in [1.82, 2.24) is 4.57 Å². The van der Waals surface area contributed by atoms with Crippen molar-refractivity contribution >= 4 is 17.0 Å². The summed E-state index contributed by atoms with van der Waals surface area (Å²) in [5.41, 5.74) is 4.77. The molecule has 0 aliphatic heterocycles. The molecule has 0 bridgehead atoms. The molecular formula is C19H27NO2. The molecule has 0 spiro atoms. The number of methoxy groups -OCH3 is 1. The predicted octanol–water partition coefficient (Wildman–Crippen LogP) is 4.02. The van der Waals surface area contributed by atoms with Crippen molar-refractivity contribution in [3.05, 3.63) is 41.1 Å². The fourth-order valence-corrected chi connectivity index (χ4v) is 2.76. The first kappa shape index (κ1) is 16.8. The third kappa shape index (κ3) is 3.79. The Balaban J connectivity index is 2.37. The average molecular weight is 301 g/mol. The van der Waals surface area contributed by atoms with Gasteiger partial charge in [-0.25, -0.2) is 0 Å². The molecule has 0 saturated carbocycles. The molecule has 0 radical (unpaired) electrons. The largest absolute Gasteiger partial charge is 0.392 e. The number of aromatic nitrogens is 1. The third-order valence-corrected chi connectivity index (χ3v) is 4.13. The van der Waals surface area contributed by atoms with Gasteiger partial charge in [-0.1, -0.05) is 32.1 Å². The average Bonchev–Trinajstić information content (AvgIpc) is 2.81. The smallest absolute Gasteiger partial charge is 0.0647 e. The maximum absolute atomic E-state index is 9.49. The van der Waals surface area contributed by atoms with Crippen LogP contribution in [0.4, 0.5) is 0 Å². The number of aliphatic hydroxyl groups excluding tert-OH is 1. The summed E-state index contributed by atoms with van der Waals surface area (Å²) in [5, 5.41) is 10.8. The number of hydrogen-bond donors (Lipinski definition) is 1. The van der Waals surface area contributed by atoms with E-state index in [1.807, 2.05) is 0 Å². The quantitative estimate of drug-likeness (QED) is 0.784. The molecule has 1 aromatic heterocycles. The van der Waals surface area contributed by atoms with Crippen LogP contribution >= 0.6 is 0 Å². The van der Waals surface area contributed by atoms with Crippen LogP contribution < -0.4 is 0 Å². The van der Waals surface area contributed by atoms with Crippen molar-refractivity contribution in [2.75, 3.05) is 20.3 Å². The normalized spacial score (nSPS) is 12.5. The minimum atomic E-state index is 0.115. The van der Waals surface area contributed by atoms with Gasteiger partial charge < -0.3 is 14.4 Å². The zero-order valence-electron chi connectivity index (χ0n) is 14.1. The molecule has 3 nitrogen and oxygen atoms in total. The van der Waals surface area contributed by atoms with Gasteiger partial charge in [0.1, 0.15) is 0 Å². The molecule has 0 amide bonds. The first-order valence-electron chi connectivity index (χ1n) is 7.96. The molecule has 0 saturated heterocycles. The van der Waals surface area contributed by atoms with Crippen molar-refractivity contribution in [2.24, 2.45) is 5.92 Å². The van der Waals surface area contributed by atoms with Gasteiger partial charge in [0, 0.05) is 37.4 Å². The Labute approximate surface area is 133 Å². The number of fused-ring (bicyclic) bond motifs is 1. The van der Waals surface area contributed by atoms with Crippen molar-refractivity contribution in [3.63, 3.8) is 0 Å². The number of aliphatic hydroxyl groups is 1. The highest BCUT2D eigenvalue weighted by Crippen LogP contribution is 2.24. The number of nitrogens with zero attached hydrogens (tertiary/aromatic N) is 1. The molecule has 3 heteroatoms. The second-order valence-electron chi connectivity index (χ2n) is 6.16. The lowest BCUT2D eigenvalue weighted by Gasteiger charge is -2.09. The van der Waals surface area contributed by atoms with Gasteiger partial charge in [-0.2, -0.15) is 0 Å². The summed E-state index contributed by atoms with van der Waals surface area (Å²) in [6.45, 7) is 8.22. The van der Waals surface area contributed by atoms with Crippen LogP contribution in [-0.2, 0) is 11.3 Å². The van der Waals surface area contributed by atoms with Crippen LogP contribution in [0.25, 0.3) is 17.0 Å². The number of ether oxygens (including phenoxy) is 1. The van der Waals surface area contributed by atoms with E-state index < -0.39 is 0 Å². The Morgan fingerprint density at radius 2 is 2.14 bits per heavy atom. The van der Waals surface area contributed by atoms with Crippen molar-refractivity contribution in [3.8, 4) is 0 Å². The molecule has 2 rings (SSSR count). The van der Waals surface area contributed by atoms with Crippen molar-refractivity contribution in [1.29, 1.82) is 0 Å². The Hall–Kier alpha value is -1.58. The highest BCUT2D eigenvalue weighted by atomic mass is 16.5. The molecule has 0 atom stereocenters. The summed E-state index contributed by atoms with van der Waals surface area (Å²) in [5.74, 6) is 0.357. The number of aryl methyl sites for hydroxylation is 2. The summed E-state index contributed by atoms with van der Waals surface area (Å²) in [7, 11) is 1.74. The maximum Gasteiger partial charge on any atom is 0.0647 e. The van der Waals surface area contributed by atoms with E-state index in [1.54, 1.807) is 7.11 Å². The molecular weight excluding hydrogens is 274 g/mol. The molecule has 1 heterocycles. The highest BCUT2D eigenvalue weighted by molar-refractivity contribution is 5.86. The minimum absolute atomic E-state index is 0.115. The monoisotopic (exact) mass is 301 g/mol. The molecule has 0 fully saturated rings. The van der Waals surface area contributed by atoms with Crippen LogP contribution in [0, 0.1) is 12.8 Å². The van der Waals surface area contributed by atoms with Gasteiger partial charge in [0.15, 0.2) is 0 Å². The van der Waals surface area contributed by atoms with E-state index in [1.165, 1.54) is 16.5 Å². The van der Waals surface area contributed by atoms with E-state index in [4.69, 9.17) is 4.74 Å². The molecule has 22 heavy (non-hydrogen) atoms. The Morgan fingerprint density at radius 1 is 1.36 bits per heavy atom. The molecule has 2 aromatic rings. The van der Waals surface area contributed by atoms with Crippen molar-refractivity contribution in [2.45, 2.75) is 33.7 Å². The summed E-state index contributed by atoms with van der Waals surface area (Å²) in [6, 6.07) is 6.53. The summed E-state index contributed by atoms with van der Waals surface area (Å²) in [6.07, 6.45) is 5.32. The van der Waals surface area contributed by atoms with E-state index >= 15 is 0 Å².